The Morgan fingerprint density at radius 3 is 3.11 bits per heavy atom. The number of aliphatic hydroxyl groups is 1. The van der Waals surface area contributed by atoms with Gasteiger partial charge in [-0.2, -0.15) is 11.8 Å². The van der Waals surface area contributed by atoms with Crippen LogP contribution in [0.4, 0.5) is 4.39 Å². The third kappa shape index (κ3) is 3.47. The molecule has 2 nitrogen and oxygen atoms in total. The van der Waals surface area contributed by atoms with E-state index in [0.717, 1.165) is 22.5 Å². The Bertz CT molecular complexity index is 418. The topological polar surface area (TPSA) is 23.5 Å². The lowest BCUT2D eigenvalue weighted by Gasteiger charge is -2.35. The monoisotopic (exact) mass is 333 g/mol. The lowest BCUT2D eigenvalue weighted by atomic mass is 10.0. The molecule has 2 rings (SSSR count). The van der Waals surface area contributed by atoms with Gasteiger partial charge in [0.25, 0.3) is 0 Å². The molecule has 0 spiro atoms. The third-order valence-corrected chi connectivity index (χ3v) is 4.87. The quantitative estimate of drug-likeness (QED) is 0.919. The number of halogens is 2. The molecule has 2 atom stereocenters. The van der Waals surface area contributed by atoms with E-state index in [0.29, 0.717) is 12.0 Å². The highest BCUT2D eigenvalue weighted by molar-refractivity contribution is 9.10. The Morgan fingerprint density at radius 2 is 2.39 bits per heavy atom. The van der Waals surface area contributed by atoms with E-state index >= 15 is 0 Å². The minimum atomic E-state index is -0.522. The predicted octanol–water partition coefficient (Wildman–Crippen LogP) is 2.54. The van der Waals surface area contributed by atoms with Gasteiger partial charge < -0.3 is 5.11 Å². The molecule has 1 aliphatic heterocycles. The molecule has 0 amide bonds. The SMILES string of the molecule is CN1CCSCC1C(O)Cc1cc(Br)ccc1F. The van der Waals surface area contributed by atoms with Crippen molar-refractivity contribution in [2.75, 3.05) is 25.1 Å². The summed E-state index contributed by atoms with van der Waals surface area (Å²) >= 11 is 5.18. The normalized spacial score (nSPS) is 23.0. The van der Waals surface area contributed by atoms with Gasteiger partial charge >= 0.3 is 0 Å². The molecule has 0 saturated carbocycles. The Morgan fingerprint density at radius 1 is 1.61 bits per heavy atom. The van der Waals surface area contributed by atoms with Crippen molar-refractivity contribution in [1.29, 1.82) is 0 Å². The van der Waals surface area contributed by atoms with Gasteiger partial charge in [-0.15, -0.1) is 0 Å². The summed E-state index contributed by atoms with van der Waals surface area (Å²) < 4.78 is 14.5. The molecular formula is C13H17BrFNOS. The molecule has 0 aliphatic carbocycles. The summed E-state index contributed by atoms with van der Waals surface area (Å²) in [5.41, 5.74) is 0.570. The van der Waals surface area contributed by atoms with E-state index in [9.17, 15) is 9.50 Å². The van der Waals surface area contributed by atoms with Gasteiger partial charge in [0, 0.05) is 35.0 Å². The molecule has 5 heteroatoms. The summed E-state index contributed by atoms with van der Waals surface area (Å²) in [5, 5.41) is 10.3. The van der Waals surface area contributed by atoms with Crippen molar-refractivity contribution in [3.8, 4) is 0 Å². The fourth-order valence-electron chi connectivity index (χ4n) is 2.17. The summed E-state index contributed by atoms with van der Waals surface area (Å²) in [5.74, 6) is 1.77. The molecule has 2 unspecified atom stereocenters. The first-order valence-corrected chi connectivity index (χ1v) is 7.92. The van der Waals surface area contributed by atoms with Crippen molar-refractivity contribution in [3.05, 3.63) is 34.1 Å². The van der Waals surface area contributed by atoms with Crippen molar-refractivity contribution in [3.63, 3.8) is 0 Å². The van der Waals surface area contributed by atoms with Crippen LogP contribution in [0.1, 0.15) is 5.56 Å². The van der Waals surface area contributed by atoms with Crippen LogP contribution < -0.4 is 0 Å². The second-order valence-corrected chi connectivity index (χ2v) is 6.70. The summed E-state index contributed by atoms with van der Waals surface area (Å²) in [7, 11) is 2.02. The van der Waals surface area contributed by atoms with Crippen LogP contribution in [-0.4, -0.2) is 47.3 Å². The van der Waals surface area contributed by atoms with Gasteiger partial charge in [-0.1, -0.05) is 15.9 Å². The molecule has 1 aromatic carbocycles. The maximum atomic E-state index is 13.6. The summed E-state index contributed by atoms with van der Waals surface area (Å²) in [6.45, 7) is 0.980. The van der Waals surface area contributed by atoms with E-state index in [2.05, 4.69) is 20.8 Å². The minimum absolute atomic E-state index is 0.113. The van der Waals surface area contributed by atoms with Crippen molar-refractivity contribution in [2.45, 2.75) is 18.6 Å². The molecule has 1 N–H and O–H groups in total. The van der Waals surface area contributed by atoms with E-state index < -0.39 is 6.10 Å². The van der Waals surface area contributed by atoms with Crippen molar-refractivity contribution < 1.29 is 9.50 Å². The van der Waals surface area contributed by atoms with Gasteiger partial charge in [0.1, 0.15) is 5.82 Å². The van der Waals surface area contributed by atoms with Crippen molar-refractivity contribution in [1.82, 2.24) is 4.90 Å². The maximum Gasteiger partial charge on any atom is 0.126 e. The van der Waals surface area contributed by atoms with Crippen LogP contribution in [0.25, 0.3) is 0 Å². The zero-order chi connectivity index (χ0) is 13.1. The first-order valence-electron chi connectivity index (χ1n) is 5.98. The Labute approximate surface area is 120 Å². The van der Waals surface area contributed by atoms with Crippen LogP contribution in [0.2, 0.25) is 0 Å². The molecule has 1 saturated heterocycles. The summed E-state index contributed by atoms with van der Waals surface area (Å²) in [4.78, 5) is 2.16. The third-order valence-electron chi connectivity index (χ3n) is 3.32. The number of hydrogen-bond acceptors (Lipinski definition) is 3. The van der Waals surface area contributed by atoms with E-state index in [-0.39, 0.29) is 11.9 Å². The van der Waals surface area contributed by atoms with Crippen molar-refractivity contribution in [2.24, 2.45) is 0 Å². The average molecular weight is 334 g/mol. The van der Waals surface area contributed by atoms with Crippen molar-refractivity contribution >= 4 is 27.7 Å². The molecule has 1 heterocycles. The second kappa shape index (κ2) is 6.37. The first kappa shape index (κ1) is 14.3. The molecule has 1 fully saturated rings. The largest absolute Gasteiger partial charge is 0.391 e. The number of rotatable bonds is 3. The zero-order valence-electron chi connectivity index (χ0n) is 10.3. The van der Waals surface area contributed by atoms with Gasteiger partial charge in [0.05, 0.1) is 6.10 Å². The fraction of sp³-hybridized carbons (Fsp3) is 0.538. The van der Waals surface area contributed by atoms with Gasteiger partial charge in [0.2, 0.25) is 0 Å². The van der Waals surface area contributed by atoms with E-state index in [1.165, 1.54) is 6.07 Å². The number of thioether (sulfide) groups is 1. The number of benzene rings is 1. The molecule has 18 heavy (non-hydrogen) atoms. The predicted molar refractivity (Wildman–Crippen MR) is 77.6 cm³/mol. The van der Waals surface area contributed by atoms with Crippen LogP contribution in [0.15, 0.2) is 22.7 Å². The van der Waals surface area contributed by atoms with Crippen LogP contribution in [-0.2, 0) is 6.42 Å². The molecule has 1 aliphatic rings. The molecule has 0 aromatic heterocycles. The number of hydrogen-bond donors (Lipinski definition) is 1. The number of aliphatic hydroxyl groups excluding tert-OH is 1. The Kier molecular flexibility index (Phi) is 5.06. The molecule has 100 valence electrons. The van der Waals surface area contributed by atoms with Gasteiger partial charge in [-0.3, -0.25) is 4.90 Å². The molecule has 0 radical (unpaired) electrons. The van der Waals surface area contributed by atoms with Gasteiger partial charge in [0.15, 0.2) is 0 Å². The molecule has 1 aromatic rings. The van der Waals surface area contributed by atoms with Crippen LogP contribution in [0.3, 0.4) is 0 Å². The molecular weight excluding hydrogens is 317 g/mol. The molecule has 0 bridgehead atoms. The van der Waals surface area contributed by atoms with Gasteiger partial charge in [-0.05, 0) is 30.8 Å². The standard InChI is InChI=1S/C13H17BrFNOS/c1-16-4-5-18-8-12(16)13(17)7-9-6-10(14)2-3-11(9)15/h2-3,6,12-13,17H,4-5,7-8H2,1H3. The van der Waals surface area contributed by atoms with Crippen LogP contribution in [0, 0.1) is 5.82 Å². The summed E-state index contributed by atoms with van der Waals surface area (Å²) in [6, 6.07) is 4.97. The highest BCUT2D eigenvalue weighted by Crippen LogP contribution is 2.22. The Balaban J connectivity index is 2.05. The van der Waals surface area contributed by atoms with Gasteiger partial charge in [-0.25, -0.2) is 4.39 Å². The zero-order valence-corrected chi connectivity index (χ0v) is 12.7. The van der Waals surface area contributed by atoms with E-state index in [4.69, 9.17) is 0 Å². The van der Waals surface area contributed by atoms with Crippen LogP contribution in [0.5, 0.6) is 0 Å². The summed E-state index contributed by atoms with van der Waals surface area (Å²) in [6.07, 6.45) is -0.160. The van der Waals surface area contributed by atoms with E-state index in [1.807, 2.05) is 18.8 Å². The average Bonchev–Trinajstić information content (AvgIpc) is 2.34. The highest BCUT2D eigenvalue weighted by atomic mass is 79.9. The fourth-order valence-corrected chi connectivity index (χ4v) is 3.88. The first-order chi connectivity index (χ1) is 8.58. The minimum Gasteiger partial charge on any atom is -0.391 e. The number of likely N-dealkylation sites (N-methyl/N-ethyl adjacent to an activating group) is 1. The Hall–Kier alpha value is -0.100. The number of nitrogens with zero attached hydrogens (tertiary/aromatic N) is 1. The maximum absolute atomic E-state index is 13.6. The van der Waals surface area contributed by atoms with E-state index in [1.54, 1.807) is 12.1 Å². The lowest BCUT2D eigenvalue weighted by molar-refractivity contribution is 0.0756. The highest BCUT2D eigenvalue weighted by Gasteiger charge is 2.27. The lowest BCUT2D eigenvalue weighted by Crippen LogP contribution is -2.47. The smallest absolute Gasteiger partial charge is 0.126 e. The second-order valence-electron chi connectivity index (χ2n) is 4.63. The van der Waals surface area contributed by atoms with Crippen LogP contribution >= 0.6 is 27.7 Å².